The molecule has 2 heterocycles. The van der Waals surface area contributed by atoms with Crippen molar-refractivity contribution in [3.63, 3.8) is 0 Å². The third-order valence-electron chi connectivity index (χ3n) is 3.00. The van der Waals surface area contributed by atoms with Gasteiger partial charge in [-0.3, -0.25) is 4.98 Å². The van der Waals surface area contributed by atoms with Crippen molar-refractivity contribution in [2.45, 2.75) is 6.61 Å². The minimum atomic E-state index is -0.743. The van der Waals surface area contributed by atoms with Gasteiger partial charge in [-0.15, -0.1) is 0 Å². The fourth-order valence-corrected chi connectivity index (χ4v) is 2.02. The monoisotopic (exact) mass is 288 g/mol. The molecule has 1 aliphatic heterocycles. The van der Waals surface area contributed by atoms with Crippen LogP contribution in [0.3, 0.4) is 0 Å². The molecule has 0 atom stereocenters. The summed E-state index contributed by atoms with van der Waals surface area (Å²) in [5.41, 5.74) is 2.51. The van der Waals surface area contributed by atoms with Gasteiger partial charge < -0.3 is 4.74 Å². The van der Waals surface area contributed by atoms with E-state index in [0.717, 1.165) is 18.0 Å². The third kappa shape index (κ3) is 2.80. The molecule has 106 valence electrons. The summed E-state index contributed by atoms with van der Waals surface area (Å²) in [4.78, 5) is 3.47. The Morgan fingerprint density at radius 2 is 1.76 bits per heavy atom. The molecular weight excluding hydrogens is 276 g/mol. The van der Waals surface area contributed by atoms with Gasteiger partial charge in [0, 0.05) is 0 Å². The normalized spacial score (nSPS) is 13.8. The van der Waals surface area contributed by atoms with Crippen LogP contribution in [0.5, 0.6) is 0 Å². The average molecular weight is 288 g/mol. The molecule has 0 aliphatic carbocycles. The number of nitrogens with two attached hydrogens (primary N) is 1. The van der Waals surface area contributed by atoms with E-state index in [1.165, 1.54) is 11.6 Å². The molecule has 2 N–H and O–H groups in total. The van der Waals surface area contributed by atoms with Gasteiger partial charge in [-0.1, -0.05) is 30.3 Å². The highest BCUT2D eigenvalue weighted by molar-refractivity contribution is 6.19. The van der Waals surface area contributed by atoms with Gasteiger partial charge >= 0.3 is 0 Å². The summed E-state index contributed by atoms with van der Waals surface area (Å²) >= 11 is 0. The molecule has 0 fully saturated rings. The van der Waals surface area contributed by atoms with Gasteiger partial charge in [0.15, 0.2) is 11.6 Å². The first kappa shape index (κ1) is 13.4. The van der Waals surface area contributed by atoms with E-state index in [9.17, 15) is 8.78 Å². The van der Waals surface area contributed by atoms with E-state index >= 15 is 0 Å². The zero-order chi connectivity index (χ0) is 14.7. The van der Waals surface area contributed by atoms with Crippen LogP contribution in [0.2, 0.25) is 0 Å². The van der Waals surface area contributed by atoms with Crippen LogP contribution >= 0.6 is 0 Å². The van der Waals surface area contributed by atoms with Crippen LogP contribution in [0, 0.1) is 11.6 Å². The fourth-order valence-electron chi connectivity index (χ4n) is 2.02. The second-order valence-electron chi connectivity index (χ2n) is 4.42. The van der Waals surface area contributed by atoms with E-state index in [2.05, 4.69) is 10.1 Å². The number of rotatable bonds is 3. The lowest BCUT2D eigenvalue weighted by molar-refractivity contribution is -0.590. The molecule has 6 heteroatoms. The molecule has 4 nitrogen and oxygen atoms in total. The predicted molar refractivity (Wildman–Crippen MR) is 72.7 cm³/mol. The maximum Gasteiger partial charge on any atom is 0.281 e. The molecule has 0 spiro atoms. The number of benzene rings is 1. The first-order valence-corrected chi connectivity index (χ1v) is 6.33. The fraction of sp³-hybridized carbons (Fsp3) is 0.0667. The molecular formula is C15H12F2N3O+. The molecule has 3 rings (SSSR count). The van der Waals surface area contributed by atoms with Gasteiger partial charge in [-0.25, -0.2) is 8.78 Å². The van der Waals surface area contributed by atoms with Gasteiger partial charge in [0.05, 0.1) is 18.0 Å². The third-order valence-corrected chi connectivity index (χ3v) is 3.00. The highest BCUT2D eigenvalue weighted by Crippen LogP contribution is 2.23. The zero-order valence-electron chi connectivity index (χ0n) is 11.0. The van der Waals surface area contributed by atoms with Crippen molar-refractivity contribution in [1.29, 1.82) is 0 Å². The molecule has 1 aromatic carbocycles. The lowest BCUT2D eigenvalue weighted by Gasteiger charge is -2.08. The van der Waals surface area contributed by atoms with Crippen LogP contribution in [0.4, 0.5) is 8.78 Å². The second kappa shape index (κ2) is 5.80. The van der Waals surface area contributed by atoms with Crippen molar-refractivity contribution in [3.8, 4) is 0 Å². The van der Waals surface area contributed by atoms with Gasteiger partial charge in [0.25, 0.3) is 5.90 Å². The Bertz CT molecular complexity index is 694. The van der Waals surface area contributed by atoms with Crippen LogP contribution in [0.15, 0.2) is 54.0 Å². The Morgan fingerprint density at radius 3 is 2.48 bits per heavy atom. The maximum atomic E-state index is 13.8. The highest BCUT2D eigenvalue weighted by Gasteiger charge is 2.26. The van der Waals surface area contributed by atoms with E-state index in [0.29, 0.717) is 0 Å². The number of hydrogen-bond acceptors (Lipinski definition) is 3. The minimum Gasteiger partial charge on any atom is -0.469 e. The molecule has 1 aliphatic rings. The van der Waals surface area contributed by atoms with Gasteiger partial charge in [0.2, 0.25) is 0 Å². The molecule has 0 amide bonds. The van der Waals surface area contributed by atoms with E-state index in [-0.39, 0.29) is 23.6 Å². The SMILES string of the molecule is Fc1cncc(F)c1C1=C[NH2+]N=C1OCc1ccccc1. The number of aromatic nitrogens is 1. The molecule has 0 saturated heterocycles. The van der Waals surface area contributed by atoms with Crippen molar-refractivity contribution in [2.75, 3.05) is 0 Å². The summed E-state index contributed by atoms with van der Waals surface area (Å²) in [5, 5.41) is 4.01. The summed E-state index contributed by atoms with van der Waals surface area (Å²) in [6.07, 6.45) is 3.45. The van der Waals surface area contributed by atoms with E-state index in [4.69, 9.17) is 4.74 Å². The first-order chi connectivity index (χ1) is 10.3. The second-order valence-corrected chi connectivity index (χ2v) is 4.42. The topological polar surface area (TPSA) is 51.1 Å². The average Bonchev–Trinajstić information content (AvgIpc) is 2.94. The van der Waals surface area contributed by atoms with Gasteiger partial charge in [0.1, 0.15) is 18.4 Å². The highest BCUT2D eigenvalue weighted by atomic mass is 19.1. The Hall–Kier alpha value is -2.60. The van der Waals surface area contributed by atoms with Crippen molar-refractivity contribution in [2.24, 2.45) is 5.10 Å². The van der Waals surface area contributed by atoms with Gasteiger partial charge in [-0.05, 0) is 10.7 Å². The number of nitrogens with zero attached hydrogens (tertiary/aromatic N) is 2. The van der Waals surface area contributed by atoms with Crippen LogP contribution in [-0.2, 0) is 11.3 Å². The van der Waals surface area contributed by atoms with E-state index in [1.807, 2.05) is 30.3 Å². The Morgan fingerprint density at radius 1 is 1.05 bits per heavy atom. The molecule has 21 heavy (non-hydrogen) atoms. The molecule has 0 unspecified atom stereocenters. The summed E-state index contributed by atoms with van der Waals surface area (Å²) in [7, 11) is 0. The molecule has 2 aromatic rings. The molecule has 0 saturated carbocycles. The summed E-state index contributed by atoms with van der Waals surface area (Å²) in [5.74, 6) is -1.29. The van der Waals surface area contributed by atoms with E-state index in [1.54, 1.807) is 0 Å². The van der Waals surface area contributed by atoms with Crippen molar-refractivity contribution in [1.82, 2.24) is 4.98 Å². The lowest BCUT2D eigenvalue weighted by Crippen LogP contribution is -2.69. The Balaban J connectivity index is 1.80. The van der Waals surface area contributed by atoms with Crippen molar-refractivity contribution >= 4 is 11.5 Å². The lowest BCUT2D eigenvalue weighted by atomic mass is 10.1. The van der Waals surface area contributed by atoms with Crippen LogP contribution in [0.1, 0.15) is 11.1 Å². The quantitative estimate of drug-likeness (QED) is 0.876. The van der Waals surface area contributed by atoms with Gasteiger partial charge in [-0.2, -0.15) is 5.43 Å². The summed E-state index contributed by atoms with van der Waals surface area (Å²) in [6.45, 7) is 0.277. The van der Waals surface area contributed by atoms with Crippen LogP contribution < -0.4 is 5.43 Å². The Labute approximate surface area is 119 Å². The molecule has 0 bridgehead atoms. The smallest absolute Gasteiger partial charge is 0.281 e. The molecule has 0 radical (unpaired) electrons. The Kier molecular flexibility index (Phi) is 3.70. The number of quaternary nitrogens is 1. The largest absolute Gasteiger partial charge is 0.469 e. The standard InChI is InChI=1S/C15H11F2N3O/c16-12-7-18-8-13(17)14(12)11-6-19-20-15(11)21-9-10-4-2-1-3-5-10/h1-8H,9H2,(H,19,20)/p+1. The number of ether oxygens (including phenoxy) is 1. The van der Waals surface area contributed by atoms with Crippen LogP contribution in [0.25, 0.3) is 5.57 Å². The molecule has 1 aromatic heterocycles. The minimum absolute atomic E-state index is 0.175. The summed E-state index contributed by atoms with van der Waals surface area (Å²) in [6, 6.07) is 9.48. The predicted octanol–water partition coefficient (Wildman–Crippen LogP) is 1.81. The van der Waals surface area contributed by atoms with E-state index < -0.39 is 11.6 Å². The summed E-state index contributed by atoms with van der Waals surface area (Å²) < 4.78 is 33.1. The number of pyridine rings is 1. The zero-order valence-corrected chi connectivity index (χ0v) is 11.0. The van der Waals surface area contributed by atoms with Crippen LogP contribution in [-0.4, -0.2) is 10.9 Å². The number of hydrogen-bond donors (Lipinski definition) is 1. The van der Waals surface area contributed by atoms with Crippen molar-refractivity contribution < 1.29 is 18.9 Å². The first-order valence-electron chi connectivity index (χ1n) is 6.33. The van der Waals surface area contributed by atoms with Crippen molar-refractivity contribution in [3.05, 3.63) is 71.7 Å². The number of halogens is 2. The maximum absolute atomic E-state index is 13.8.